The molecule has 1 aliphatic heterocycles. The fourth-order valence-electron chi connectivity index (χ4n) is 3.35. The van der Waals surface area contributed by atoms with E-state index in [0.29, 0.717) is 24.2 Å². The predicted molar refractivity (Wildman–Crippen MR) is 90.9 cm³/mol. The van der Waals surface area contributed by atoms with Gasteiger partial charge in [-0.25, -0.2) is 0 Å². The number of piperidine rings is 1. The Balaban J connectivity index is 1.33. The van der Waals surface area contributed by atoms with E-state index in [1.54, 1.807) is 11.3 Å². The molecule has 25 heavy (non-hydrogen) atoms. The summed E-state index contributed by atoms with van der Waals surface area (Å²) in [5, 5.41) is 12.3. The Morgan fingerprint density at radius 2 is 2.08 bits per heavy atom. The van der Waals surface area contributed by atoms with Crippen molar-refractivity contribution in [3.8, 4) is 11.4 Å². The minimum Gasteiger partial charge on any atom is -0.338 e. The molecule has 1 saturated heterocycles. The van der Waals surface area contributed by atoms with E-state index in [0.717, 1.165) is 36.7 Å². The predicted octanol–water partition coefficient (Wildman–Crippen LogP) is 3.79. The van der Waals surface area contributed by atoms with Crippen molar-refractivity contribution in [2.24, 2.45) is 0 Å². The average molecular weight is 357 g/mol. The van der Waals surface area contributed by atoms with Gasteiger partial charge in [-0.3, -0.25) is 4.90 Å². The molecule has 0 aromatic carbocycles. The quantitative estimate of drug-likeness (QED) is 0.687. The number of rotatable bonds is 5. The fraction of sp³-hybridized carbons (Fsp3) is 0.529. The molecule has 1 atom stereocenters. The maximum atomic E-state index is 5.57. The molecule has 5 rings (SSSR count). The molecule has 1 unspecified atom stereocenters. The third kappa shape index (κ3) is 3.11. The van der Waals surface area contributed by atoms with Gasteiger partial charge in [-0.15, -0.1) is 0 Å². The van der Waals surface area contributed by atoms with Crippen LogP contribution in [0.3, 0.4) is 0 Å². The minimum atomic E-state index is 0.144. The molecule has 0 radical (unpaired) electrons. The summed E-state index contributed by atoms with van der Waals surface area (Å²) in [6.45, 7) is 1.59. The number of hydrogen-bond donors (Lipinski definition) is 0. The summed E-state index contributed by atoms with van der Waals surface area (Å²) in [4.78, 5) is 11.5. The summed E-state index contributed by atoms with van der Waals surface area (Å²) in [7, 11) is 0. The average Bonchev–Trinajstić information content (AvgIpc) is 3.08. The van der Waals surface area contributed by atoms with Crippen LogP contribution in [0.1, 0.15) is 61.7 Å². The zero-order chi connectivity index (χ0) is 16.6. The topological polar surface area (TPSA) is 81.1 Å². The van der Waals surface area contributed by atoms with Crippen molar-refractivity contribution < 1.29 is 9.05 Å². The first-order valence-electron chi connectivity index (χ1n) is 8.79. The molecule has 0 N–H and O–H groups in total. The summed E-state index contributed by atoms with van der Waals surface area (Å²) in [6, 6.07) is 2.14. The molecular weight excluding hydrogens is 338 g/mol. The lowest BCUT2D eigenvalue weighted by Gasteiger charge is -2.31. The second-order valence-corrected chi connectivity index (χ2v) is 7.55. The molecule has 3 aromatic rings. The Morgan fingerprint density at radius 3 is 2.92 bits per heavy atom. The van der Waals surface area contributed by atoms with Gasteiger partial charge in [0.1, 0.15) is 0 Å². The maximum Gasteiger partial charge on any atom is 0.244 e. The van der Waals surface area contributed by atoms with Gasteiger partial charge in [-0.05, 0) is 43.7 Å². The van der Waals surface area contributed by atoms with Crippen LogP contribution in [0.2, 0.25) is 0 Å². The van der Waals surface area contributed by atoms with E-state index >= 15 is 0 Å². The lowest BCUT2D eigenvalue weighted by atomic mass is 10.0. The van der Waals surface area contributed by atoms with Crippen LogP contribution in [-0.2, 0) is 6.54 Å². The minimum absolute atomic E-state index is 0.144. The van der Waals surface area contributed by atoms with E-state index in [9.17, 15) is 0 Å². The van der Waals surface area contributed by atoms with Crippen molar-refractivity contribution in [3.05, 3.63) is 34.4 Å². The fourth-order valence-corrected chi connectivity index (χ4v) is 3.99. The van der Waals surface area contributed by atoms with Crippen LogP contribution >= 0.6 is 11.3 Å². The Labute approximate surface area is 149 Å². The van der Waals surface area contributed by atoms with Gasteiger partial charge in [0, 0.05) is 16.9 Å². The highest BCUT2D eigenvalue weighted by Crippen LogP contribution is 2.39. The third-order valence-electron chi connectivity index (χ3n) is 4.88. The summed E-state index contributed by atoms with van der Waals surface area (Å²) >= 11 is 1.63. The number of hydrogen-bond acceptors (Lipinski definition) is 8. The molecule has 0 amide bonds. The monoisotopic (exact) mass is 357 g/mol. The normalized spacial score (nSPS) is 21.7. The molecule has 0 bridgehead atoms. The molecule has 2 fully saturated rings. The molecule has 1 aliphatic carbocycles. The van der Waals surface area contributed by atoms with Crippen molar-refractivity contribution in [3.63, 3.8) is 0 Å². The van der Waals surface area contributed by atoms with Gasteiger partial charge < -0.3 is 9.05 Å². The van der Waals surface area contributed by atoms with Gasteiger partial charge in [-0.2, -0.15) is 21.3 Å². The van der Waals surface area contributed by atoms with Crippen molar-refractivity contribution >= 4 is 11.3 Å². The van der Waals surface area contributed by atoms with Crippen molar-refractivity contribution in [1.82, 2.24) is 25.2 Å². The van der Waals surface area contributed by atoms with Crippen LogP contribution in [0.4, 0.5) is 0 Å². The van der Waals surface area contributed by atoms with E-state index in [2.05, 4.69) is 25.2 Å². The smallest absolute Gasteiger partial charge is 0.244 e. The van der Waals surface area contributed by atoms with Crippen LogP contribution in [0, 0.1) is 0 Å². The second kappa shape index (κ2) is 6.34. The maximum absolute atomic E-state index is 5.57. The van der Waals surface area contributed by atoms with Crippen molar-refractivity contribution in [2.75, 3.05) is 6.54 Å². The first kappa shape index (κ1) is 15.2. The molecule has 130 valence electrons. The molecule has 1 saturated carbocycles. The van der Waals surface area contributed by atoms with Gasteiger partial charge in [0.2, 0.25) is 17.6 Å². The van der Waals surface area contributed by atoms with Gasteiger partial charge in [-0.1, -0.05) is 16.7 Å². The number of thiophene rings is 1. The van der Waals surface area contributed by atoms with Crippen LogP contribution in [0.25, 0.3) is 11.4 Å². The number of nitrogens with zero attached hydrogens (tertiary/aromatic N) is 5. The summed E-state index contributed by atoms with van der Waals surface area (Å²) in [5.74, 6) is 3.41. The SMILES string of the molecule is c1cc(-c2noc(CN3CCCCC3c3nc(C4CC4)no3)n2)cs1. The van der Waals surface area contributed by atoms with Crippen molar-refractivity contribution in [1.29, 1.82) is 0 Å². The number of likely N-dealkylation sites (tertiary alicyclic amines) is 1. The molecule has 3 aromatic heterocycles. The van der Waals surface area contributed by atoms with Crippen LogP contribution in [0.15, 0.2) is 25.9 Å². The lowest BCUT2D eigenvalue weighted by molar-refractivity contribution is 0.0986. The Morgan fingerprint density at radius 1 is 1.12 bits per heavy atom. The molecular formula is C17H19N5O2S. The molecule has 2 aliphatic rings. The number of aromatic nitrogens is 4. The largest absolute Gasteiger partial charge is 0.338 e. The first-order valence-corrected chi connectivity index (χ1v) is 9.74. The van der Waals surface area contributed by atoms with E-state index in [1.807, 2.05) is 16.8 Å². The molecule has 8 heteroatoms. The van der Waals surface area contributed by atoms with Crippen LogP contribution < -0.4 is 0 Å². The van der Waals surface area contributed by atoms with Gasteiger partial charge >= 0.3 is 0 Å². The standard InChI is InChI=1S/C17H19N5O2S/c1-2-7-22(9-14-18-16(20-23-14)12-6-8-25-10-12)13(3-1)17-19-15(21-24-17)11-4-5-11/h6,8,10-11,13H,1-5,7,9H2. The lowest BCUT2D eigenvalue weighted by Crippen LogP contribution is -2.33. The zero-order valence-electron chi connectivity index (χ0n) is 13.8. The molecule has 7 nitrogen and oxygen atoms in total. The molecule has 4 heterocycles. The zero-order valence-corrected chi connectivity index (χ0v) is 14.6. The second-order valence-electron chi connectivity index (χ2n) is 6.77. The van der Waals surface area contributed by atoms with E-state index in [-0.39, 0.29) is 6.04 Å². The highest BCUT2D eigenvalue weighted by molar-refractivity contribution is 7.08. The third-order valence-corrected chi connectivity index (χ3v) is 5.57. The van der Waals surface area contributed by atoms with E-state index < -0.39 is 0 Å². The highest BCUT2D eigenvalue weighted by atomic mass is 32.1. The first-order chi connectivity index (χ1) is 12.4. The van der Waals surface area contributed by atoms with Gasteiger partial charge in [0.15, 0.2) is 5.82 Å². The molecule has 0 spiro atoms. The highest BCUT2D eigenvalue weighted by Gasteiger charge is 2.33. The van der Waals surface area contributed by atoms with Crippen molar-refractivity contribution in [2.45, 2.75) is 50.6 Å². The summed E-state index contributed by atoms with van der Waals surface area (Å²) in [6.07, 6.45) is 5.72. The van der Waals surface area contributed by atoms with E-state index in [4.69, 9.17) is 9.05 Å². The van der Waals surface area contributed by atoms with Gasteiger partial charge in [0.05, 0.1) is 12.6 Å². The Bertz CT molecular complexity index is 839. The van der Waals surface area contributed by atoms with Crippen LogP contribution in [0.5, 0.6) is 0 Å². The summed E-state index contributed by atoms with van der Waals surface area (Å²) in [5.41, 5.74) is 1.00. The Kier molecular flexibility index (Phi) is 3.86. The van der Waals surface area contributed by atoms with E-state index in [1.165, 1.54) is 19.3 Å². The van der Waals surface area contributed by atoms with Crippen LogP contribution in [-0.4, -0.2) is 31.7 Å². The Hall–Kier alpha value is -2.06. The van der Waals surface area contributed by atoms with Gasteiger partial charge in [0.25, 0.3) is 0 Å². The summed E-state index contributed by atoms with van der Waals surface area (Å²) < 4.78 is 11.0.